The zero-order chi connectivity index (χ0) is 15.8. The molecule has 1 heterocycles. The average Bonchev–Trinajstić information content (AvgIpc) is 2.35. The zero-order valence-electron chi connectivity index (χ0n) is 11.6. The Morgan fingerprint density at radius 2 is 1.86 bits per heavy atom. The van der Waals surface area contributed by atoms with Gasteiger partial charge < -0.3 is 9.64 Å². The number of nitrogens with zero attached hydrogens (tertiary/aromatic N) is 2. The van der Waals surface area contributed by atoms with Gasteiger partial charge in [-0.25, -0.2) is 0 Å². The van der Waals surface area contributed by atoms with Gasteiger partial charge >= 0.3 is 6.18 Å². The van der Waals surface area contributed by atoms with Crippen LogP contribution in [0.1, 0.15) is 19.4 Å². The summed E-state index contributed by atoms with van der Waals surface area (Å²) in [6.07, 6.45) is -5.05. The minimum atomic E-state index is -4.65. The van der Waals surface area contributed by atoms with Gasteiger partial charge in [0.15, 0.2) is 0 Å². The van der Waals surface area contributed by atoms with Gasteiger partial charge in [-0.3, -0.25) is 10.1 Å². The first-order valence-corrected chi connectivity index (χ1v) is 6.44. The highest BCUT2D eigenvalue weighted by Crippen LogP contribution is 2.39. The summed E-state index contributed by atoms with van der Waals surface area (Å²) < 4.78 is 45.0. The maximum absolute atomic E-state index is 13.2. The second-order valence-electron chi connectivity index (χ2n) is 5.12. The van der Waals surface area contributed by atoms with E-state index in [0.29, 0.717) is 19.2 Å². The first-order chi connectivity index (χ1) is 9.68. The molecule has 116 valence electrons. The molecule has 2 rings (SSSR count). The van der Waals surface area contributed by atoms with Crippen LogP contribution in [0.5, 0.6) is 0 Å². The minimum Gasteiger partial charge on any atom is -0.372 e. The molecule has 1 aromatic rings. The number of halogens is 3. The second-order valence-corrected chi connectivity index (χ2v) is 5.12. The van der Waals surface area contributed by atoms with E-state index in [0.717, 1.165) is 12.1 Å². The Morgan fingerprint density at radius 3 is 2.33 bits per heavy atom. The molecule has 0 spiro atoms. The standard InChI is InChI=1S/C13H15F3N2O3/c1-8-6-17(7-9(2)21-8)12-4-3-10(18(19)20)5-11(12)13(14,15)16/h3-5,8-9H,6-7H2,1-2H3/t8-,9+. The van der Waals surface area contributed by atoms with E-state index in [1.165, 1.54) is 0 Å². The molecule has 0 bridgehead atoms. The maximum atomic E-state index is 13.2. The van der Waals surface area contributed by atoms with E-state index in [2.05, 4.69) is 0 Å². The van der Waals surface area contributed by atoms with E-state index >= 15 is 0 Å². The first kappa shape index (κ1) is 15.6. The molecule has 0 amide bonds. The van der Waals surface area contributed by atoms with Crippen molar-refractivity contribution in [3.05, 3.63) is 33.9 Å². The largest absolute Gasteiger partial charge is 0.418 e. The van der Waals surface area contributed by atoms with E-state index in [4.69, 9.17) is 4.74 Å². The Labute approximate surface area is 119 Å². The summed E-state index contributed by atoms with van der Waals surface area (Å²) in [5.41, 5.74) is -1.60. The van der Waals surface area contributed by atoms with Crippen molar-refractivity contribution in [3.8, 4) is 0 Å². The quantitative estimate of drug-likeness (QED) is 0.622. The molecule has 1 aliphatic heterocycles. The van der Waals surface area contributed by atoms with Crippen LogP contribution < -0.4 is 4.90 Å². The van der Waals surface area contributed by atoms with Gasteiger partial charge in [-0.2, -0.15) is 13.2 Å². The van der Waals surface area contributed by atoms with Crippen molar-refractivity contribution in [2.24, 2.45) is 0 Å². The number of rotatable bonds is 2. The number of non-ortho nitro benzene ring substituents is 1. The van der Waals surface area contributed by atoms with Gasteiger partial charge in [0, 0.05) is 30.9 Å². The summed E-state index contributed by atoms with van der Waals surface area (Å²) in [5, 5.41) is 10.7. The Hall–Kier alpha value is -1.83. The molecular formula is C13H15F3N2O3. The van der Waals surface area contributed by atoms with Crippen LogP contribution in [0.2, 0.25) is 0 Å². The van der Waals surface area contributed by atoms with Crippen molar-refractivity contribution in [3.63, 3.8) is 0 Å². The number of nitro benzene ring substituents is 1. The maximum Gasteiger partial charge on any atom is 0.418 e. The number of hydrogen-bond acceptors (Lipinski definition) is 4. The normalized spacial score (nSPS) is 23.2. The molecule has 0 radical (unpaired) electrons. The van der Waals surface area contributed by atoms with Crippen molar-refractivity contribution in [2.45, 2.75) is 32.2 Å². The van der Waals surface area contributed by atoms with Crippen molar-refractivity contribution < 1.29 is 22.8 Å². The molecule has 0 N–H and O–H groups in total. The lowest BCUT2D eigenvalue weighted by atomic mass is 10.1. The monoisotopic (exact) mass is 304 g/mol. The van der Waals surface area contributed by atoms with Crippen LogP contribution in [-0.2, 0) is 10.9 Å². The molecule has 0 unspecified atom stereocenters. The lowest BCUT2D eigenvalue weighted by molar-refractivity contribution is -0.385. The van der Waals surface area contributed by atoms with Crippen LogP contribution in [0, 0.1) is 10.1 Å². The van der Waals surface area contributed by atoms with Gasteiger partial charge in [0.25, 0.3) is 5.69 Å². The smallest absolute Gasteiger partial charge is 0.372 e. The number of anilines is 1. The van der Waals surface area contributed by atoms with Crippen molar-refractivity contribution in [2.75, 3.05) is 18.0 Å². The summed E-state index contributed by atoms with van der Waals surface area (Å²) >= 11 is 0. The summed E-state index contributed by atoms with van der Waals surface area (Å²) in [5.74, 6) is 0. The molecule has 21 heavy (non-hydrogen) atoms. The fourth-order valence-electron chi connectivity index (χ4n) is 2.51. The highest BCUT2D eigenvalue weighted by Gasteiger charge is 2.37. The Bertz CT molecular complexity index is 538. The van der Waals surface area contributed by atoms with Crippen molar-refractivity contribution in [1.29, 1.82) is 0 Å². The van der Waals surface area contributed by atoms with Gasteiger partial charge in [-0.15, -0.1) is 0 Å². The fraction of sp³-hybridized carbons (Fsp3) is 0.538. The molecule has 0 aromatic heterocycles. The molecule has 1 saturated heterocycles. The van der Waals surface area contributed by atoms with Crippen molar-refractivity contribution >= 4 is 11.4 Å². The zero-order valence-corrected chi connectivity index (χ0v) is 11.6. The molecule has 1 aliphatic rings. The Morgan fingerprint density at radius 1 is 1.29 bits per heavy atom. The topological polar surface area (TPSA) is 55.6 Å². The van der Waals surface area contributed by atoms with E-state index in [9.17, 15) is 23.3 Å². The van der Waals surface area contributed by atoms with Gasteiger partial charge in [0.1, 0.15) is 0 Å². The Kier molecular flexibility index (Phi) is 4.08. The van der Waals surface area contributed by atoms with E-state index in [1.807, 2.05) is 0 Å². The molecule has 0 saturated carbocycles. The van der Waals surface area contributed by atoms with Crippen LogP contribution in [-0.4, -0.2) is 30.2 Å². The summed E-state index contributed by atoms with van der Waals surface area (Å²) in [4.78, 5) is 11.4. The van der Waals surface area contributed by atoms with Gasteiger partial charge in [-0.05, 0) is 19.9 Å². The SMILES string of the molecule is C[C@@H]1CN(c2ccc([N+](=O)[O-])cc2C(F)(F)F)C[C@H](C)O1. The number of morpholine rings is 1. The van der Waals surface area contributed by atoms with Gasteiger partial charge in [-0.1, -0.05) is 0 Å². The highest BCUT2D eigenvalue weighted by atomic mass is 19.4. The summed E-state index contributed by atoms with van der Waals surface area (Å²) in [6, 6.07) is 2.83. The van der Waals surface area contributed by atoms with E-state index < -0.39 is 22.4 Å². The lowest BCUT2D eigenvalue weighted by Crippen LogP contribution is -2.46. The van der Waals surface area contributed by atoms with Crippen LogP contribution in [0.15, 0.2) is 18.2 Å². The van der Waals surface area contributed by atoms with Gasteiger partial charge in [0.05, 0.1) is 22.7 Å². The van der Waals surface area contributed by atoms with Crippen molar-refractivity contribution in [1.82, 2.24) is 0 Å². The van der Waals surface area contributed by atoms with E-state index in [1.54, 1.807) is 18.7 Å². The van der Waals surface area contributed by atoms with Crippen LogP contribution in [0.3, 0.4) is 0 Å². The van der Waals surface area contributed by atoms with Crippen LogP contribution >= 0.6 is 0 Å². The fourth-order valence-corrected chi connectivity index (χ4v) is 2.51. The van der Waals surface area contributed by atoms with E-state index in [-0.39, 0.29) is 17.9 Å². The third-order valence-corrected chi connectivity index (χ3v) is 3.26. The highest BCUT2D eigenvalue weighted by molar-refractivity contribution is 5.59. The predicted octanol–water partition coefficient (Wildman–Crippen LogP) is 3.23. The number of hydrogen-bond donors (Lipinski definition) is 0. The van der Waals surface area contributed by atoms with Gasteiger partial charge in [0.2, 0.25) is 0 Å². The van der Waals surface area contributed by atoms with Crippen LogP contribution in [0.25, 0.3) is 0 Å². The molecule has 1 aromatic carbocycles. The summed E-state index contributed by atoms with van der Waals surface area (Å²) in [6.45, 7) is 4.18. The molecule has 8 heteroatoms. The third kappa shape index (κ3) is 3.44. The molecule has 2 atom stereocenters. The van der Waals surface area contributed by atoms with Crippen LogP contribution in [0.4, 0.5) is 24.5 Å². The average molecular weight is 304 g/mol. The molecule has 1 fully saturated rings. The number of nitro groups is 1. The number of alkyl halides is 3. The second kappa shape index (κ2) is 5.51. The number of benzene rings is 1. The molecule has 0 aliphatic carbocycles. The molecular weight excluding hydrogens is 289 g/mol. The lowest BCUT2D eigenvalue weighted by Gasteiger charge is -2.37. The summed E-state index contributed by atoms with van der Waals surface area (Å²) in [7, 11) is 0. The number of ether oxygens (including phenoxy) is 1. The molecule has 5 nitrogen and oxygen atoms in total. The Balaban J connectivity index is 2.45. The predicted molar refractivity (Wildman–Crippen MR) is 70.3 cm³/mol. The first-order valence-electron chi connectivity index (χ1n) is 6.44. The minimum absolute atomic E-state index is 0.0462. The third-order valence-electron chi connectivity index (χ3n) is 3.26.